The molecule has 0 aromatic carbocycles. The van der Waals surface area contributed by atoms with E-state index in [0.29, 0.717) is 0 Å². The standard InChI is InChI=1S/C27H4IN/c1-2-3-4-5-6-7-8-9-10-11-12-13-14-15-16-17-18-19-20-21-22-23-24-25-26-27-29-28/h29H,1H3/i/hT. The Balaban J connectivity index is 4.45. The normalized spacial score (nSPS) is 4.55. The average Bonchev–Trinajstić information content (AvgIpc) is 2.73. The van der Waals surface area contributed by atoms with Gasteiger partial charge in [0, 0.05) is 101 Å². The molecular weight excluding hydrogens is 465 g/mol. The molecule has 0 bridgehead atoms. The van der Waals surface area contributed by atoms with Crippen LogP contribution in [0.25, 0.3) is 0 Å². The molecule has 0 atom stereocenters. The van der Waals surface area contributed by atoms with Gasteiger partial charge >= 0.3 is 0 Å². The molecule has 124 valence electrons. The number of rotatable bonds is 0. The van der Waals surface area contributed by atoms with Crippen LogP contribution in [0.15, 0.2) is 0 Å². The first-order valence-corrected chi connectivity index (χ1v) is 8.11. The lowest BCUT2D eigenvalue weighted by Crippen LogP contribution is -1.77. The Bertz CT molecular complexity index is 1490. The lowest BCUT2D eigenvalue weighted by atomic mass is 10.4. The Hall–Kier alpha value is -5.19. The van der Waals surface area contributed by atoms with Crippen LogP contribution in [0.1, 0.15) is 6.92 Å². The smallest absolute Gasteiger partial charge is 0.183 e. The van der Waals surface area contributed by atoms with Crippen molar-refractivity contribution in [2.75, 3.05) is 0 Å². The average molecular weight is 471 g/mol. The van der Waals surface area contributed by atoms with Gasteiger partial charge < -0.3 is 0 Å². The van der Waals surface area contributed by atoms with Gasteiger partial charge in [0.1, 0.15) is 0 Å². The van der Waals surface area contributed by atoms with Gasteiger partial charge in [0.15, 0.2) is 1.41 Å². The first-order valence-electron chi connectivity index (χ1n) is 7.59. The molecule has 0 aliphatic rings. The molecule has 0 saturated carbocycles. The number of nitrogens with one attached hydrogen (secondary N) is 1. The summed E-state index contributed by atoms with van der Waals surface area (Å²) in [6.07, 6.45) is 0. The van der Waals surface area contributed by atoms with Crippen LogP contribution >= 0.6 is 22.9 Å². The van der Waals surface area contributed by atoms with E-state index in [1.54, 1.807) is 29.8 Å². The van der Waals surface area contributed by atoms with Crippen LogP contribution in [0.3, 0.4) is 0 Å². The van der Waals surface area contributed by atoms with Crippen molar-refractivity contribution in [3.8, 4) is 154 Å². The third-order valence-electron chi connectivity index (χ3n) is 1.66. The number of hydrogen-bond donors (Lipinski definition) is 1. The first kappa shape index (κ1) is 21.9. The highest BCUT2D eigenvalue weighted by molar-refractivity contribution is 14.1. The molecular formula is C27H4IN. The summed E-state index contributed by atoms with van der Waals surface area (Å²) in [5.74, 6) is 62.5. The van der Waals surface area contributed by atoms with E-state index >= 15 is 0 Å². The number of hydrogen-bond acceptors (Lipinski definition) is 1. The highest BCUT2D eigenvalue weighted by Gasteiger charge is 1.59. The van der Waals surface area contributed by atoms with Gasteiger partial charge in [-0.25, -0.2) is 0 Å². The van der Waals surface area contributed by atoms with Gasteiger partial charge in [-0.15, -0.1) is 0 Å². The molecule has 0 fully saturated rings. The maximum Gasteiger partial charge on any atom is 0.183 e. The lowest BCUT2D eigenvalue weighted by Gasteiger charge is -1.65. The van der Waals surface area contributed by atoms with Crippen LogP contribution in [0.4, 0.5) is 0 Å². The van der Waals surface area contributed by atoms with Crippen LogP contribution in [0.5, 0.6) is 0 Å². The fourth-order valence-corrected chi connectivity index (χ4v) is 0.920. The van der Waals surface area contributed by atoms with E-state index in [4.69, 9.17) is 1.41 Å². The summed E-state index contributed by atoms with van der Waals surface area (Å²) in [6, 6.07) is 2.39. The van der Waals surface area contributed by atoms with Gasteiger partial charge in [-0.05, 0) is 54.3 Å². The molecule has 29 heavy (non-hydrogen) atoms. The molecule has 0 aromatic rings. The molecule has 1 nitrogen and oxygen atoms in total. The van der Waals surface area contributed by atoms with Crippen LogP contribution < -0.4 is 3.52 Å². The van der Waals surface area contributed by atoms with Crippen LogP contribution in [0.2, 0.25) is 1.41 Å². The van der Waals surface area contributed by atoms with Crippen molar-refractivity contribution in [1.29, 1.82) is 0 Å². The molecule has 0 aliphatic carbocycles. The molecule has 2 heteroatoms. The van der Waals surface area contributed by atoms with Gasteiger partial charge in [0.2, 0.25) is 0 Å². The fourth-order valence-electron chi connectivity index (χ4n) is 0.799. The quantitative estimate of drug-likeness (QED) is 0.240. The molecule has 0 radical (unpaired) electrons. The minimum Gasteiger partial charge on any atom is -0.287 e. The van der Waals surface area contributed by atoms with E-state index in [0.717, 1.165) is 3.52 Å². The van der Waals surface area contributed by atoms with E-state index in [1.165, 1.54) is 0 Å². The zero-order chi connectivity index (χ0) is 22.0. The molecule has 0 aromatic heterocycles. The zero-order valence-corrected chi connectivity index (χ0v) is 17.0. The van der Waals surface area contributed by atoms with Gasteiger partial charge in [0.25, 0.3) is 0 Å². The van der Waals surface area contributed by atoms with Crippen LogP contribution in [0, 0.1) is 154 Å². The predicted octanol–water partition coefficient (Wildman–Crippen LogP) is 0.948. The van der Waals surface area contributed by atoms with Crippen molar-refractivity contribution in [2.24, 2.45) is 0 Å². The molecule has 0 unspecified atom stereocenters. The van der Waals surface area contributed by atoms with Crippen molar-refractivity contribution in [3.05, 3.63) is 0 Å². The summed E-state index contributed by atoms with van der Waals surface area (Å²) in [7, 11) is 0. The molecule has 1 N–H and O–H groups in total. The minimum atomic E-state index is 0.916. The zero-order valence-electron chi connectivity index (χ0n) is 15.8. The Kier molecular flexibility index (Phi) is 17.2. The summed E-state index contributed by atoms with van der Waals surface area (Å²) < 4.78 is 7.89. The lowest BCUT2D eigenvalue weighted by molar-refractivity contribution is 1.61. The second-order valence-corrected chi connectivity index (χ2v) is 3.93. The molecule has 0 heterocycles. The SMILES string of the molecule is [3H]N(I)C#CC#CC#CC#CC#CC#CC#CC#CC#CC#CC#CC#CC#CC. The Morgan fingerprint density at radius 2 is 0.621 bits per heavy atom. The van der Waals surface area contributed by atoms with E-state index in [1.807, 2.05) is 0 Å². The summed E-state index contributed by atoms with van der Waals surface area (Å²) in [6.45, 7) is 1.69. The maximum atomic E-state index is 6.97. The van der Waals surface area contributed by atoms with E-state index < -0.39 is 0 Å². The molecule has 0 saturated heterocycles. The summed E-state index contributed by atoms with van der Waals surface area (Å²) >= 11 is 1.69. The van der Waals surface area contributed by atoms with Crippen molar-refractivity contribution in [1.82, 2.24) is 3.52 Å². The summed E-state index contributed by atoms with van der Waals surface area (Å²) in [4.78, 5) is 0. The maximum absolute atomic E-state index is 6.97. The molecule has 0 rings (SSSR count). The van der Waals surface area contributed by atoms with E-state index in [2.05, 4.69) is 154 Å². The van der Waals surface area contributed by atoms with E-state index in [9.17, 15) is 0 Å². The molecule has 0 spiro atoms. The third kappa shape index (κ3) is 22.8. The second-order valence-electron chi connectivity index (χ2n) is 3.45. The largest absolute Gasteiger partial charge is 0.287 e. The molecule has 0 aliphatic heterocycles. The Morgan fingerprint density at radius 1 is 0.414 bits per heavy atom. The first-order chi connectivity index (χ1) is 14.8. The minimum absolute atomic E-state index is 0.916. The van der Waals surface area contributed by atoms with Gasteiger partial charge in [-0.2, -0.15) is 0 Å². The molecule has 0 amide bonds. The third-order valence-corrected chi connectivity index (χ3v) is 1.90. The van der Waals surface area contributed by atoms with Crippen molar-refractivity contribution >= 4 is 22.9 Å². The van der Waals surface area contributed by atoms with Gasteiger partial charge in [-0.1, -0.05) is 5.92 Å². The second kappa shape index (κ2) is 22.8. The van der Waals surface area contributed by atoms with Gasteiger partial charge in [0.05, 0.1) is 22.9 Å². The summed E-state index contributed by atoms with van der Waals surface area (Å²) in [5, 5.41) is 0. The number of halogens is 1. The topological polar surface area (TPSA) is 12.0 Å². The van der Waals surface area contributed by atoms with Crippen molar-refractivity contribution in [3.63, 3.8) is 0 Å². The van der Waals surface area contributed by atoms with Crippen LogP contribution in [-0.4, -0.2) is 0 Å². The van der Waals surface area contributed by atoms with Crippen molar-refractivity contribution in [2.45, 2.75) is 6.92 Å². The highest BCUT2D eigenvalue weighted by atomic mass is 127. The van der Waals surface area contributed by atoms with Crippen LogP contribution in [-0.2, 0) is 0 Å². The predicted molar refractivity (Wildman–Crippen MR) is 124 cm³/mol. The van der Waals surface area contributed by atoms with Gasteiger partial charge in [-0.3, -0.25) is 3.52 Å². The Labute approximate surface area is 188 Å². The monoisotopic (exact) mass is 471 g/mol. The fraction of sp³-hybridized carbons (Fsp3) is 0.0370. The van der Waals surface area contributed by atoms with E-state index in [-0.39, 0.29) is 0 Å². The summed E-state index contributed by atoms with van der Waals surface area (Å²) in [5.41, 5.74) is 0. The highest BCUT2D eigenvalue weighted by Crippen LogP contribution is 1.61. The Morgan fingerprint density at radius 3 is 0.828 bits per heavy atom. The van der Waals surface area contributed by atoms with Crippen molar-refractivity contribution < 1.29 is 1.41 Å².